The third-order valence-electron chi connectivity index (χ3n) is 2.54. The number of aromatic nitrogens is 2. The maximum Gasteiger partial charge on any atom is 0.339 e. The zero-order chi connectivity index (χ0) is 15.2. The molecule has 1 heterocycles. The van der Waals surface area contributed by atoms with Crippen LogP contribution < -0.4 is 10.1 Å². The number of ether oxygens (including phenoxy) is 1. The Hall–Kier alpha value is -2.96. The van der Waals surface area contributed by atoms with Gasteiger partial charge in [0.1, 0.15) is 11.3 Å². The lowest BCUT2D eigenvalue weighted by atomic mass is 10.1. The number of amides is 1. The van der Waals surface area contributed by atoms with Crippen molar-refractivity contribution < 1.29 is 19.4 Å². The van der Waals surface area contributed by atoms with Crippen LogP contribution in [0.5, 0.6) is 5.75 Å². The molecule has 1 aromatic heterocycles. The highest BCUT2D eigenvalue weighted by Crippen LogP contribution is 2.20. The molecule has 2 rings (SSSR count). The Morgan fingerprint density at radius 3 is 2.67 bits per heavy atom. The lowest BCUT2D eigenvalue weighted by molar-refractivity contribution is -0.118. The van der Waals surface area contributed by atoms with E-state index in [9.17, 15) is 9.59 Å². The molecule has 0 aliphatic carbocycles. The summed E-state index contributed by atoms with van der Waals surface area (Å²) in [6.45, 7) is 1.47. The van der Waals surface area contributed by atoms with Crippen molar-refractivity contribution in [2.45, 2.75) is 6.92 Å². The number of hydrogen-bond acceptors (Lipinski definition) is 5. The molecule has 0 saturated heterocycles. The van der Waals surface area contributed by atoms with Gasteiger partial charge in [0.05, 0.1) is 0 Å². The van der Waals surface area contributed by atoms with Gasteiger partial charge in [-0.25, -0.2) is 14.8 Å². The average molecular weight is 287 g/mol. The molecular formula is C14H13N3O4. The highest BCUT2D eigenvalue weighted by atomic mass is 16.5. The maximum absolute atomic E-state index is 11.7. The van der Waals surface area contributed by atoms with Crippen molar-refractivity contribution >= 4 is 17.8 Å². The molecule has 2 aromatic rings. The van der Waals surface area contributed by atoms with Crippen LogP contribution in [0.4, 0.5) is 5.95 Å². The Bertz CT molecular complexity index is 659. The third-order valence-corrected chi connectivity index (χ3v) is 2.54. The zero-order valence-electron chi connectivity index (χ0n) is 11.2. The first-order valence-corrected chi connectivity index (χ1v) is 6.10. The first-order chi connectivity index (χ1) is 10.1. The summed E-state index contributed by atoms with van der Waals surface area (Å²) < 4.78 is 5.26. The second-order valence-corrected chi connectivity index (χ2v) is 4.21. The minimum Gasteiger partial charge on any atom is -0.483 e. The Balaban J connectivity index is 2.01. The fourth-order valence-corrected chi connectivity index (χ4v) is 1.59. The van der Waals surface area contributed by atoms with E-state index in [-0.39, 0.29) is 23.9 Å². The van der Waals surface area contributed by atoms with Gasteiger partial charge < -0.3 is 9.84 Å². The number of aromatic carboxylic acids is 1. The molecule has 0 fully saturated rings. The molecule has 0 spiro atoms. The minimum absolute atomic E-state index is 0.00404. The highest BCUT2D eigenvalue weighted by Gasteiger charge is 2.13. The van der Waals surface area contributed by atoms with Crippen molar-refractivity contribution in [1.29, 1.82) is 0 Å². The SMILES string of the molecule is Cc1ccc(C(=O)O)c(OCC(=O)Nc2ncccn2)c1. The summed E-state index contributed by atoms with van der Waals surface area (Å²) in [6, 6.07) is 6.28. The fourth-order valence-electron chi connectivity index (χ4n) is 1.59. The smallest absolute Gasteiger partial charge is 0.339 e. The van der Waals surface area contributed by atoms with Crippen LogP contribution in [0.2, 0.25) is 0 Å². The van der Waals surface area contributed by atoms with Gasteiger partial charge >= 0.3 is 5.97 Å². The summed E-state index contributed by atoms with van der Waals surface area (Å²) in [5.74, 6) is -1.28. The van der Waals surface area contributed by atoms with Gasteiger partial charge in [0.2, 0.25) is 5.95 Å². The van der Waals surface area contributed by atoms with Gasteiger partial charge in [-0.1, -0.05) is 6.07 Å². The van der Waals surface area contributed by atoms with E-state index in [0.717, 1.165) is 5.56 Å². The van der Waals surface area contributed by atoms with Gasteiger partial charge in [-0.05, 0) is 30.7 Å². The molecule has 2 N–H and O–H groups in total. The molecule has 1 amide bonds. The first kappa shape index (κ1) is 14.4. The molecule has 0 aliphatic rings. The van der Waals surface area contributed by atoms with E-state index in [1.54, 1.807) is 25.1 Å². The van der Waals surface area contributed by atoms with Crippen LogP contribution in [0, 0.1) is 6.92 Å². The van der Waals surface area contributed by atoms with Crippen LogP contribution in [-0.4, -0.2) is 33.6 Å². The van der Waals surface area contributed by atoms with Gasteiger partial charge in [0, 0.05) is 12.4 Å². The number of hydrogen-bond donors (Lipinski definition) is 2. The number of carboxylic acids is 1. The van der Waals surface area contributed by atoms with Crippen LogP contribution in [-0.2, 0) is 4.79 Å². The number of nitrogens with one attached hydrogen (secondary N) is 1. The monoisotopic (exact) mass is 287 g/mol. The Morgan fingerprint density at radius 1 is 1.29 bits per heavy atom. The Morgan fingerprint density at radius 2 is 2.00 bits per heavy atom. The van der Waals surface area contributed by atoms with Crippen LogP contribution in [0.3, 0.4) is 0 Å². The number of carbonyl (C=O) groups excluding carboxylic acids is 1. The van der Waals surface area contributed by atoms with Crippen molar-refractivity contribution in [2.75, 3.05) is 11.9 Å². The maximum atomic E-state index is 11.7. The number of aryl methyl sites for hydroxylation is 1. The molecule has 0 bridgehead atoms. The van der Waals surface area contributed by atoms with E-state index >= 15 is 0 Å². The highest BCUT2D eigenvalue weighted by molar-refractivity contribution is 5.92. The van der Waals surface area contributed by atoms with Crippen molar-refractivity contribution in [1.82, 2.24) is 9.97 Å². The number of anilines is 1. The molecule has 21 heavy (non-hydrogen) atoms. The summed E-state index contributed by atoms with van der Waals surface area (Å²) in [5.41, 5.74) is 0.839. The van der Waals surface area contributed by atoms with Crippen LogP contribution in [0.1, 0.15) is 15.9 Å². The predicted molar refractivity (Wildman–Crippen MR) is 74.3 cm³/mol. The number of carboxylic acid groups (broad SMARTS) is 1. The molecule has 0 unspecified atom stereocenters. The molecule has 108 valence electrons. The molecular weight excluding hydrogens is 274 g/mol. The molecule has 0 saturated carbocycles. The summed E-state index contributed by atoms with van der Waals surface area (Å²) in [4.78, 5) is 30.4. The molecule has 7 heteroatoms. The van der Waals surface area contributed by atoms with E-state index in [1.165, 1.54) is 18.5 Å². The minimum atomic E-state index is -1.11. The normalized spacial score (nSPS) is 9.95. The lowest BCUT2D eigenvalue weighted by Gasteiger charge is -2.09. The largest absolute Gasteiger partial charge is 0.483 e. The molecule has 0 radical (unpaired) electrons. The average Bonchev–Trinajstić information content (AvgIpc) is 2.46. The van der Waals surface area contributed by atoms with Gasteiger partial charge in [-0.3, -0.25) is 10.1 Å². The number of benzene rings is 1. The van der Waals surface area contributed by atoms with E-state index in [4.69, 9.17) is 9.84 Å². The molecule has 0 atom stereocenters. The van der Waals surface area contributed by atoms with Crippen LogP contribution in [0.15, 0.2) is 36.7 Å². The zero-order valence-corrected chi connectivity index (χ0v) is 11.2. The van der Waals surface area contributed by atoms with Crippen molar-refractivity contribution in [3.8, 4) is 5.75 Å². The van der Waals surface area contributed by atoms with Gasteiger partial charge in [0.15, 0.2) is 6.61 Å². The van der Waals surface area contributed by atoms with Gasteiger partial charge in [-0.15, -0.1) is 0 Å². The summed E-state index contributed by atoms with van der Waals surface area (Å²) >= 11 is 0. The quantitative estimate of drug-likeness (QED) is 0.864. The Kier molecular flexibility index (Phi) is 4.45. The van der Waals surface area contributed by atoms with E-state index < -0.39 is 11.9 Å². The number of rotatable bonds is 5. The van der Waals surface area contributed by atoms with Crippen LogP contribution in [0.25, 0.3) is 0 Å². The molecule has 0 aliphatic heterocycles. The summed E-state index contributed by atoms with van der Waals surface area (Å²) in [5, 5.41) is 11.5. The van der Waals surface area contributed by atoms with E-state index in [1.807, 2.05) is 0 Å². The third kappa shape index (κ3) is 4.00. The topological polar surface area (TPSA) is 101 Å². The van der Waals surface area contributed by atoms with E-state index in [2.05, 4.69) is 15.3 Å². The van der Waals surface area contributed by atoms with E-state index in [0.29, 0.717) is 0 Å². The van der Waals surface area contributed by atoms with Crippen molar-refractivity contribution in [2.24, 2.45) is 0 Å². The Labute approximate surface area is 120 Å². The standard InChI is InChI=1S/C14H13N3O4/c1-9-3-4-10(13(19)20)11(7-9)21-8-12(18)17-14-15-5-2-6-16-14/h2-7H,8H2,1H3,(H,19,20)(H,15,16,17,18). The van der Waals surface area contributed by atoms with Crippen LogP contribution >= 0.6 is 0 Å². The summed E-state index contributed by atoms with van der Waals surface area (Å²) in [6.07, 6.45) is 2.99. The molecule has 1 aromatic carbocycles. The second-order valence-electron chi connectivity index (χ2n) is 4.21. The van der Waals surface area contributed by atoms with Crippen molar-refractivity contribution in [3.63, 3.8) is 0 Å². The molecule has 7 nitrogen and oxygen atoms in total. The lowest BCUT2D eigenvalue weighted by Crippen LogP contribution is -2.22. The number of nitrogens with zero attached hydrogens (tertiary/aromatic N) is 2. The first-order valence-electron chi connectivity index (χ1n) is 6.10. The van der Waals surface area contributed by atoms with Gasteiger partial charge in [-0.2, -0.15) is 0 Å². The number of carbonyl (C=O) groups is 2. The van der Waals surface area contributed by atoms with Crippen molar-refractivity contribution in [3.05, 3.63) is 47.8 Å². The second kappa shape index (κ2) is 6.47. The fraction of sp³-hybridized carbons (Fsp3) is 0.143. The van der Waals surface area contributed by atoms with Gasteiger partial charge in [0.25, 0.3) is 5.91 Å². The predicted octanol–water partition coefficient (Wildman–Crippen LogP) is 1.50. The summed E-state index contributed by atoms with van der Waals surface area (Å²) in [7, 11) is 0.